The highest BCUT2D eigenvalue weighted by Gasteiger charge is 2.16. The van der Waals surface area contributed by atoms with E-state index >= 15 is 0 Å². The van der Waals surface area contributed by atoms with Gasteiger partial charge in [0.15, 0.2) is 0 Å². The summed E-state index contributed by atoms with van der Waals surface area (Å²) < 4.78 is 0. The van der Waals surface area contributed by atoms with Crippen LogP contribution in [-0.4, -0.2) is 28.1 Å². The van der Waals surface area contributed by atoms with E-state index in [9.17, 15) is 19.7 Å². The zero-order chi connectivity index (χ0) is 16.0. The smallest absolute Gasteiger partial charge is 0.319 e. The summed E-state index contributed by atoms with van der Waals surface area (Å²) in [6.45, 7) is 3.35. The number of aryl methyl sites for hydroxylation is 1. The van der Waals surface area contributed by atoms with E-state index in [2.05, 4.69) is 10.6 Å². The van der Waals surface area contributed by atoms with E-state index in [1.54, 1.807) is 19.9 Å². The van der Waals surface area contributed by atoms with Crippen molar-refractivity contribution in [3.05, 3.63) is 33.9 Å². The molecule has 1 unspecified atom stereocenters. The van der Waals surface area contributed by atoms with Gasteiger partial charge in [-0.05, 0) is 19.4 Å². The number of rotatable bonds is 6. The van der Waals surface area contributed by atoms with E-state index in [4.69, 9.17) is 5.11 Å². The fourth-order valence-electron chi connectivity index (χ4n) is 1.74. The molecule has 2 amide bonds. The van der Waals surface area contributed by atoms with Gasteiger partial charge >= 0.3 is 12.0 Å². The number of amides is 2. The lowest BCUT2D eigenvalue weighted by Crippen LogP contribution is -2.38. The van der Waals surface area contributed by atoms with Gasteiger partial charge in [-0.3, -0.25) is 14.9 Å². The normalized spacial score (nSPS) is 11.5. The van der Waals surface area contributed by atoms with Crippen LogP contribution in [0.4, 0.5) is 16.2 Å². The molecule has 3 N–H and O–H groups in total. The quantitative estimate of drug-likeness (QED) is 0.549. The van der Waals surface area contributed by atoms with Gasteiger partial charge in [-0.25, -0.2) is 4.79 Å². The van der Waals surface area contributed by atoms with Crippen molar-refractivity contribution < 1.29 is 19.6 Å². The number of carboxylic acid groups (broad SMARTS) is 1. The third kappa shape index (κ3) is 5.09. The summed E-state index contributed by atoms with van der Waals surface area (Å²) in [5.74, 6) is -1.01. The maximum atomic E-state index is 11.7. The Morgan fingerprint density at radius 2 is 2.10 bits per heavy atom. The second-order valence-corrected chi connectivity index (χ2v) is 4.56. The molecule has 0 saturated carbocycles. The zero-order valence-corrected chi connectivity index (χ0v) is 11.8. The van der Waals surface area contributed by atoms with Gasteiger partial charge in [0, 0.05) is 23.4 Å². The van der Waals surface area contributed by atoms with Crippen molar-refractivity contribution in [2.45, 2.75) is 32.7 Å². The molecule has 0 fully saturated rings. The molecule has 114 valence electrons. The van der Waals surface area contributed by atoms with Gasteiger partial charge in [0.05, 0.1) is 11.3 Å². The summed E-state index contributed by atoms with van der Waals surface area (Å²) in [5.41, 5.74) is 0.670. The molecular formula is C13H17N3O5. The molecule has 0 bridgehead atoms. The van der Waals surface area contributed by atoms with Gasteiger partial charge in [0.2, 0.25) is 0 Å². The molecule has 0 spiro atoms. The lowest BCUT2D eigenvalue weighted by atomic mass is 10.1. The number of urea groups is 1. The summed E-state index contributed by atoms with van der Waals surface area (Å²) >= 11 is 0. The average Bonchev–Trinajstić information content (AvgIpc) is 2.39. The van der Waals surface area contributed by atoms with Crippen molar-refractivity contribution in [3.8, 4) is 0 Å². The van der Waals surface area contributed by atoms with E-state index < -0.39 is 23.0 Å². The van der Waals surface area contributed by atoms with Crippen molar-refractivity contribution in [1.29, 1.82) is 0 Å². The first-order valence-electron chi connectivity index (χ1n) is 6.37. The first-order valence-corrected chi connectivity index (χ1v) is 6.37. The van der Waals surface area contributed by atoms with E-state index in [1.165, 1.54) is 12.1 Å². The molecule has 0 aliphatic carbocycles. The Morgan fingerprint density at radius 3 is 2.62 bits per heavy atom. The molecule has 0 aromatic heterocycles. The van der Waals surface area contributed by atoms with Crippen LogP contribution in [0.2, 0.25) is 0 Å². The zero-order valence-electron chi connectivity index (χ0n) is 11.8. The van der Waals surface area contributed by atoms with Crippen molar-refractivity contribution >= 4 is 23.4 Å². The number of benzene rings is 1. The molecule has 1 atom stereocenters. The van der Waals surface area contributed by atoms with Crippen molar-refractivity contribution in [2.24, 2.45) is 0 Å². The van der Waals surface area contributed by atoms with Gasteiger partial charge in [-0.1, -0.05) is 13.0 Å². The van der Waals surface area contributed by atoms with Gasteiger partial charge in [-0.15, -0.1) is 0 Å². The fourth-order valence-corrected chi connectivity index (χ4v) is 1.74. The van der Waals surface area contributed by atoms with Crippen molar-refractivity contribution in [2.75, 3.05) is 5.32 Å². The highest BCUT2D eigenvalue weighted by atomic mass is 16.6. The van der Waals surface area contributed by atoms with Crippen LogP contribution >= 0.6 is 0 Å². The largest absolute Gasteiger partial charge is 0.481 e. The van der Waals surface area contributed by atoms with Crippen LogP contribution in [-0.2, 0) is 4.79 Å². The van der Waals surface area contributed by atoms with Crippen LogP contribution in [0.3, 0.4) is 0 Å². The van der Waals surface area contributed by atoms with Crippen molar-refractivity contribution in [3.63, 3.8) is 0 Å². The van der Waals surface area contributed by atoms with E-state index in [0.29, 0.717) is 12.0 Å². The number of carbonyl (C=O) groups is 2. The maximum absolute atomic E-state index is 11.7. The minimum atomic E-state index is -1.01. The summed E-state index contributed by atoms with van der Waals surface area (Å²) in [6.07, 6.45) is 0.283. The predicted molar refractivity (Wildman–Crippen MR) is 76.3 cm³/mol. The highest BCUT2D eigenvalue weighted by Crippen LogP contribution is 2.22. The van der Waals surface area contributed by atoms with Gasteiger partial charge < -0.3 is 15.7 Å². The Morgan fingerprint density at radius 1 is 1.43 bits per heavy atom. The Labute approximate surface area is 121 Å². The number of nitrogens with zero attached hydrogens (tertiary/aromatic N) is 1. The van der Waals surface area contributed by atoms with E-state index in [-0.39, 0.29) is 17.8 Å². The molecule has 0 heterocycles. The summed E-state index contributed by atoms with van der Waals surface area (Å²) in [6, 6.07) is 3.24. The molecule has 0 aliphatic heterocycles. The van der Waals surface area contributed by atoms with E-state index in [1.807, 2.05) is 0 Å². The molecule has 8 nitrogen and oxygen atoms in total. The molecular weight excluding hydrogens is 278 g/mol. The van der Waals surface area contributed by atoms with Crippen LogP contribution in [0.15, 0.2) is 18.2 Å². The van der Waals surface area contributed by atoms with Crippen molar-refractivity contribution in [1.82, 2.24) is 5.32 Å². The number of hydrogen-bond acceptors (Lipinski definition) is 4. The Hall–Kier alpha value is -2.64. The Kier molecular flexibility index (Phi) is 5.65. The molecule has 21 heavy (non-hydrogen) atoms. The monoisotopic (exact) mass is 295 g/mol. The number of anilines is 1. The average molecular weight is 295 g/mol. The minimum Gasteiger partial charge on any atom is -0.481 e. The summed E-state index contributed by atoms with van der Waals surface area (Å²) in [4.78, 5) is 32.7. The SMILES string of the molecule is CCC(CC(=O)O)NC(=O)Nc1ccc(C)c([N+](=O)[O-])c1. The fraction of sp³-hybridized carbons (Fsp3) is 0.385. The number of carboxylic acids is 1. The number of nitrogens with one attached hydrogen (secondary N) is 2. The van der Waals surface area contributed by atoms with Crippen LogP contribution in [0.5, 0.6) is 0 Å². The second kappa shape index (κ2) is 7.22. The van der Waals surface area contributed by atoms with Crippen LogP contribution in [0.25, 0.3) is 0 Å². The van der Waals surface area contributed by atoms with Crippen LogP contribution in [0.1, 0.15) is 25.3 Å². The van der Waals surface area contributed by atoms with Crippen LogP contribution in [0, 0.1) is 17.0 Å². The number of hydrogen-bond donors (Lipinski definition) is 3. The third-order valence-electron chi connectivity index (χ3n) is 2.91. The Bertz CT molecular complexity index is 559. The lowest BCUT2D eigenvalue weighted by Gasteiger charge is -2.15. The first-order chi connectivity index (χ1) is 9.83. The molecule has 0 saturated heterocycles. The maximum Gasteiger partial charge on any atom is 0.319 e. The second-order valence-electron chi connectivity index (χ2n) is 4.56. The number of nitro groups is 1. The molecule has 1 aromatic carbocycles. The minimum absolute atomic E-state index is 0.0922. The van der Waals surface area contributed by atoms with Gasteiger partial charge in [-0.2, -0.15) is 0 Å². The number of nitro benzene ring substituents is 1. The lowest BCUT2D eigenvalue weighted by molar-refractivity contribution is -0.385. The predicted octanol–water partition coefficient (Wildman–Crippen LogP) is 2.28. The van der Waals surface area contributed by atoms with Gasteiger partial charge in [0.1, 0.15) is 0 Å². The molecule has 8 heteroatoms. The topological polar surface area (TPSA) is 122 Å². The molecule has 1 rings (SSSR count). The van der Waals surface area contributed by atoms with E-state index in [0.717, 1.165) is 0 Å². The summed E-state index contributed by atoms with van der Waals surface area (Å²) in [5, 5.41) is 24.5. The number of aliphatic carboxylic acids is 1. The first kappa shape index (κ1) is 16.4. The molecule has 0 aliphatic rings. The molecule has 0 radical (unpaired) electrons. The van der Waals surface area contributed by atoms with Gasteiger partial charge in [0.25, 0.3) is 5.69 Å². The standard InChI is InChI=1S/C13H17N3O5/c1-3-9(7-12(17)18)14-13(19)15-10-5-4-8(2)11(6-10)16(20)21/h4-6,9H,3,7H2,1-2H3,(H,17,18)(H2,14,15,19). The third-order valence-corrected chi connectivity index (χ3v) is 2.91. The highest BCUT2D eigenvalue weighted by molar-refractivity contribution is 5.90. The van der Waals surface area contributed by atoms with Crippen LogP contribution < -0.4 is 10.6 Å². The number of carbonyl (C=O) groups excluding carboxylic acids is 1. The summed E-state index contributed by atoms with van der Waals surface area (Å²) in [7, 11) is 0. The Balaban J connectivity index is 2.72. The molecule has 1 aromatic rings.